The van der Waals surface area contributed by atoms with Crippen molar-refractivity contribution in [1.29, 1.82) is 0 Å². The molecule has 2 bridgehead atoms. The molecule has 124 valence electrons. The zero-order valence-electron chi connectivity index (χ0n) is 14.0. The van der Waals surface area contributed by atoms with Crippen LogP contribution in [-0.2, 0) is 0 Å². The topological polar surface area (TPSA) is 24.5 Å². The Hall–Kier alpha value is -0.770. The Balaban J connectivity index is 0.00000176. The molecule has 1 aromatic rings. The Morgan fingerprint density at radius 2 is 1.86 bits per heavy atom. The zero-order valence-corrected chi connectivity index (χ0v) is 14.8. The molecule has 2 unspecified atom stereocenters. The minimum atomic E-state index is 0. The van der Waals surface area contributed by atoms with Crippen molar-refractivity contribution in [2.75, 3.05) is 20.2 Å². The molecule has 22 heavy (non-hydrogen) atoms. The summed E-state index contributed by atoms with van der Waals surface area (Å²) in [7, 11) is 2.25. The van der Waals surface area contributed by atoms with Crippen LogP contribution in [0.4, 0.5) is 0 Å². The van der Waals surface area contributed by atoms with Crippen LogP contribution in [0, 0.1) is 13.8 Å². The third kappa shape index (κ3) is 4.15. The first kappa shape index (κ1) is 17.6. The van der Waals surface area contributed by atoms with Crippen LogP contribution in [0.2, 0.25) is 0 Å². The van der Waals surface area contributed by atoms with Gasteiger partial charge in [0.2, 0.25) is 0 Å². The fourth-order valence-corrected chi connectivity index (χ4v) is 3.73. The van der Waals surface area contributed by atoms with Crippen molar-refractivity contribution < 1.29 is 4.74 Å². The molecular weight excluding hydrogens is 296 g/mol. The van der Waals surface area contributed by atoms with Gasteiger partial charge in [-0.05, 0) is 63.8 Å². The maximum Gasteiger partial charge on any atom is 0.122 e. The van der Waals surface area contributed by atoms with Gasteiger partial charge in [0.05, 0.1) is 0 Å². The summed E-state index contributed by atoms with van der Waals surface area (Å²) in [4.78, 5) is 2.50. The summed E-state index contributed by atoms with van der Waals surface area (Å²) in [6, 6.07) is 8.66. The fourth-order valence-electron chi connectivity index (χ4n) is 3.73. The summed E-state index contributed by atoms with van der Waals surface area (Å²) in [6.45, 7) is 6.02. The number of hydrogen-bond donors (Lipinski definition) is 1. The van der Waals surface area contributed by atoms with Gasteiger partial charge in [0, 0.05) is 24.7 Å². The van der Waals surface area contributed by atoms with Gasteiger partial charge in [0.25, 0.3) is 0 Å². The second-order valence-corrected chi connectivity index (χ2v) is 6.86. The average molecular weight is 325 g/mol. The molecule has 4 heteroatoms. The summed E-state index contributed by atoms with van der Waals surface area (Å²) in [5.74, 6) is 1.04. The Morgan fingerprint density at radius 3 is 2.55 bits per heavy atom. The summed E-state index contributed by atoms with van der Waals surface area (Å²) >= 11 is 0. The monoisotopic (exact) mass is 324 g/mol. The van der Waals surface area contributed by atoms with E-state index < -0.39 is 0 Å². The number of benzene rings is 1. The number of aryl methyl sites for hydroxylation is 2. The van der Waals surface area contributed by atoms with Crippen molar-refractivity contribution in [3.63, 3.8) is 0 Å². The lowest BCUT2D eigenvalue weighted by atomic mass is 9.99. The largest absolute Gasteiger partial charge is 0.492 e. The SMILES string of the molecule is Cc1ccc(C)c(OCCN(C)C2CC3CCC(C2)N3)c1.Cl. The number of nitrogens with zero attached hydrogens (tertiary/aromatic N) is 1. The van der Waals surface area contributed by atoms with Gasteiger partial charge in [-0.3, -0.25) is 4.90 Å². The Morgan fingerprint density at radius 1 is 1.18 bits per heavy atom. The molecule has 1 aromatic carbocycles. The number of piperidine rings is 1. The molecule has 2 atom stereocenters. The summed E-state index contributed by atoms with van der Waals surface area (Å²) < 4.78 is 5.99. The van der Waals surface area contributed by atoms with E-state index in [1.165, 1.54) is 36.8 Å². The third-order valence-electron chi connectivity index (χ3n) is 5.12. The van der Waals surface area contributed by atoms with E-state index in [4.69, 9.17) is 4.74 Å². The standard InChI is InChI=1S/C18H28N2O.ClH/c1-13-4-5-14(2)18(10-13)21-9-8-20(3)17-11-15-6-7-16(12-17)19-15;/h4-5,10,15-17,19H,6-9,11-12H2,1-3H3;1H. The Bertz CT molecular complexity index is 482. The smallest absolute Gasteiger partial charge is 0.122 e. The Labute approximate surface area is 140 Å². The van der Waals surface area contributed by atoms with Crippen molar-refractivity contribution in [2.45, 2.75) is 57.7 Å². The summed E-state index contributed by atoms with van der Waals surface area (Å²) in [5, 5.41) is 3.71. The van der Waals surface area contributed by atoms with Crippen LogP contribution < -0.4 is 10.1 Å². The summed E-state index contributed by atoms with van der Waals surface area (Å²) in [5.41, 5.74) is 2.49. The molecule has 0 aromatic heterocycles. The first-order chi connectivity index (χ1) is 10.1. The van der Waals surface area contributed by atoms with Crippen molar-refractivity contribution in [1.82, 2.24) is 10.2 Å². The van der Waals surface area contributed by atoms with Gasteiger partial charge < -0.3 is 10.1 Å². The molecule has 2 saturated heterocycles. The lowest BCUT2D eigenvalue weighted by Gasteiger charge is -2.35. The number of hydrogen-bond acceptors (Lipinski definition) is 3. The van der Waals surface area contributed by atoms with Gasteiger partial charge in [-0.25, -0.2) is 0 Å². The van der Waals surface area contributed by atoms with Crippen molar-refractivity contribution >= 4 is 12.4 Å². The molecule has 2 heterocycles. The molecule has 0 spiro atoms. The van der Waals surface area contributed by atoms with Crippen LogP contribution in [0.15, 0.2) is 18.2 Å². The minimum Gasteiger partial charge on any atom is -0.492 e. The van der Waals surface area contributed by atoms with Gasteiger partial charge in [-0.15, -0.1) is 12.4 Å². The first-order valence-electron chi connectivity index (χ1n) is 8.28. The third-order valence-corrected chi connectivity index (χ3v) is 5.12. The highest BCUT2D eigenvalue weighted by molar-refractivity contribution is 5.85. The van der Waals surface area contributed by atoms with Gasteiger partial charge in [0.15, 0.2) is 0 Å². The maximum atomic E-state index is 5.99. The number of nitrogens with one attached hydrogen (secondary N) is 1. The zero-order chi connectivity index (χ0) is 14.8. The molecule has 2 aliphatic rings. The van der Waals surface area contributed by atoms with Crippen LogP contribution in [-0.4, -0.2) is 43.2 Å². The van der Waals surface area contributed by atoms with Gasteiger partial charge in [-0.1, -0.05) is 12.1 Å². The highest BCUT2D eigenvalue weighted by Crippen LogP contribution is 2.29. The van der Waals surface area contributed by atoms with Crippen LogP contribution >= 0.6 is 12.4 Å². The van der Waals surface area contributed by atoms with Crippen LogP contribution in [0.5, 0.6) is 5.75 Å². The highest BCUT2D eigenvalue weighted by Gasteiger charge is 2.34. The van der Waals surface area contributed by atoms with Gasteiger partial charge >= 0.3 is 0 Å². The molecule has 3 rings (SSSR count). The van der Waals surface area contributed by atoms with Crippen molar-refractivity contribution in [3.8, 4) is 5.75 Å². The van der Waals surface area contributed by atoms with E-state index in [1.54, 1.807) is 0 Å². The predicted octanol–water partition coefficient (Wildman–Crippen LogP) is 3.32. The summed E-state index contributed by atoms with van der Waals surface area (Å²) in [6.07, 6.45) is 5.34. The molecule has 0 aliphatic carbocycles. The van der Waals surface area contributed by atoms with Crippen LogP contribution in [0.3, 0.4) is 0 Å². The fraction of sp³-hybridized carbons (Fsp3) is 0.667. The van der Waals surface area contributed by atoms with Gasteiger partial charge in [-0.2, -0.15) is 0 Å². The van der Waals surface area contributed by atoms with E-state index >= 15 is 0 Å². The van der Waals surface area contributed by atoms with E-state index in [9.17, 15) is 0 Å². The van der Waals surface area contributed by atoms with Crippen molar-refractivity contribution in [3.05, 3.63) is 29.3 Å². The molecule has 0 amide bonds. The second-order valence-electron chi connectivity index (χ2n) is 6.86. The van der Waals surface area contributed by atoms with E-state index in [2.05, 4.69) is 49.3 Å². The highest BCUT2D eigenvalue weighted by atomic mass is 35.5. The predicted molar refractivity (Wildman–Crippen MR) is 94.3 cm³/mol. The number of likely N-dealkylation sites (N-methyl/N-ethyl adjacent to an activating group) is 1. The molecule has 1 N–H and O–H groups in total. The van der Waals surface area contributed by atoms with E-state index in [-0.39, 0.29) is 12.4 Å². The quantitative estimate of drug-likeness (QED) is 0.899. The number of rotatable bonds is 5. The Kier molecular flexibility index (Phi) is 6.13. The minimum absolute atomic E-state index is 0. The van der Waals surface area contributed by atoms with E-state index in [0.717, 1.165) is 37.0 Å². The lowest BCUT2D eigenvalue weighted by Crippen LogP contribution is -2.47. The molecule has 0 saturated carbocycles. The lowest BCUT2D eigenvalue weighted by molar-refractivity contribution is 0.147. The molecule has 3 nitrogen and oxygen atoms in total. The molecule has 0 radical (unpaired) electrons. The number of fused-ring (bicyclic) bond motifs is 2. The average Bonchev–Trinajstić information content (AvgIpc) is 2.81. The van der Waals surface area contributed by atoms with Crippen molar-refractivity contribution in [2.24, 2.45) is 0 Å². The number of ether oxygens (including phenoxy) is 1. The molecule has 2 fully saturated rings. The van der Waals surface area contributed by atoms with E-state index in [0.29, 0.717) is 0 Å². The molecular formula is C18H29ClN2O. The maximum absolute atomic E-state index is 5.99. The van der Waals surface area contributed by atoms with E-state index in [1.807, 2.05) is 0 Å². The van der Waals surface area contributed by atoms with Crippen LogP contribution in [0.25, 0.3) is 0 Å². The first-order valence-corrected chi connectivity index (χ1v) is 8.28. The second kappa shape index (κ2) is 7.67. The normalized spacial score (nSPS) is 26.8. The molecule has 2 aliphatic heterocycles. The number of halogens is 1. The van der Waals surface area contributed by atoms with Crippen LogP contribution in [0.1, 0.15) is 36.8 Å². The van der Waals surface area contributed by atoms with Gasteiger partial charge in [0.1, 0.15) is 12.4 Å².